The molecule has 15 rings (SSSR count). The first-order chi connectivity index (χ1) is 34.8. The number of hydrogen-bond donors (Lipinski definition) is 0. The van der Waals surface area contributed by atoms with Crippen LogP contribution in [0.5, 0.6) is 0 Å². The lowest BCUT2D eigenvalue weighted by Gasteiger charge is -2.29. The maximum atomic E-state index is 2.59. The number of benzene rings is 11. The monoisotopic (exact) mass is 904 g/mol. The number of rotatable bonds is 6. The van der Waals surface area contributed by atoms with Crippen LogP contribution in [0.3, 0.4) is 0 Å². The van der Waals surface area contributed by atoms with Crippen LogP contribution in [0, 0.1) is 0 Å². The third kappa shape index (κ3) is 5.59. The summed E-state index contributed by atoms with van der Waals surface area (Å²) in [6.07, 6.45) is 0. The number of fused-ring (bicyclic) bond motifs is 10. The summed E-state index contributed by atoms with van der Waals surface area (Å²) in [6.45, 7) is 7.18. The summed E-state index contributed by atoms with van der Waals surface area (Å²) in [7, 11) is 0. The molecule has 0 amide bonds. The summed E-state index contributed by atoms with van der Waals surface area (Å²) in [4.78, 5) is 2.43. The van der Waals surface area contributed by atoms with E-state index in [0.717, 1.165) is 17.1 Å². The van der Waals surface area contributed by atoms with Gasteiger partial charge in [0.2, 0.25) is 0 Å². The lowest BCUT2D eigenvalue weighted by molar-refractivity contribution is 0.660. The molecule has 3 aliphatic rings. The Hall–Kier alpha value is -8.72. The normalized spacial score (nSPS) is 15.4. The van der Waals surface area contributed by atoms with Gasteiger partial charge in [0.15, 0.2) is 0 Å². The molecule has 0 saturated heterocycles. The second kappa shape index (κ2) is 14.7. The molecule has 0 fully saturated rings. The largest absolute Gasteiger partial charge is 0.310 e. The van der Waals surface area contributed by atoms with Crippen molar-refractivity contribution in [3.8, 4) is 61.3 Å². The maximum absolute atomic E-state index is 2.59. The van der Waals surface area contributed by atoms with E-state index in [4.69, 9.17) is 0 Å². The molecule has 0 bridgehead atoms. The smallest absolute Gasteiger partial charge is 0.0623 e. The summed E-state index contributed by atoms with van der Waals surface area (Å²) in [5, 5.41) is 5.09. The Balaban J connectivity index is 0.891. The number of para-hydroxylation sites is 1. The molecule has 2 heteroatoms. The van der Waals surface area contributed by atoms with Crippen molar-refractivity contribution >= 4 is 49.6 Å². The van der Waals surface area contributed by atoms with E-state index in [-0.39, 0.29) is 10.8 Å². The number of anilines is 3. The van der Waals surface area contributed by atoms with Gasteiger partial charge in [-0.2, -0.15) is 0 Å². The van der Waals surface area contributed by atoms with Crippen molar-refractivity contribution in [3.63, 3.8) is 0 Å². The molecule has 1 aliphatic heterocycles. The van der Waals surface area contributed by atoms with Crippen molar-refractivity contribution in [1.29, 1.82) is 0 Å². The Labute approximate surface area is 414 Å². The van der Waals surface area contributed by atoms with Gasteiger partial charge < -0.3 is 9.47 Å². The van der Waals surface area contributed by atoms with Crippen molar-refractivity contribution in [2.75, 3.05) is 4.90 Å². The lowest BCUT2D eigenvalue weighted by Crippen LogP contribution is -2.22. The van der Waals surface area contributed by atoms with Crippen LogP contribution >= 0.6 is 0 Å². The highest BCUT2D eigenvalue weighted by Crippen LogP contribution is 2.60. The number of hydrogen-bond acceptors (Lipinski definition) is 1. The summed E-state index contributed by atoms with van der Waals surface area (Å²) in [5.41, 5.74) is 26.2. The zero-order valence-electron chi connectivity index (χ0n) is 39.9. The third-order valence-electron chi connectivity index (χ3n) is 16.6. The molecule has 1 aromatic heterocycles. The summed E-state index contributed by atoms with van der Waals surface area (Å²) in [5.74, 6) is 0. The van der Waals surface area contributed by atoms with Crippen molar-refractivity contribution < 1.29 is 0 Å². The average molecular weight is 905 g/mol. The van der Waals surface area contributed by atoms with Gasteiger partial charge in [-0.05, 0) is 145 Å². The fraction of sp³-hybridized carbons (Fsp3) is 0.0725. The fourth-order valence-corrected chi connectivity index (χ4v) is 13.1. The highest BCUT2D eigenvalue weighted by Gasteiger charge is 2.45. The van der Waals surface area contributed by atoms with E-state index < -0.39 is 0 Å². The second-order valence-electron chi connectivity index (χ2n) is 20.6. The van der Waals surface area contributed by atoms with Crippen LogP contribution in [0.1, 0.15) is 48.6 Å². The first-order valence-corrected chi connectivity index (χ1v) is 25.0. The van der Waals surface area contributed by atoms with Crippen molar-refractivity contribution in [2.24, 2.45) is 0 Å². The molecule has 0 radical (unpaired) electrons. The van der Waals surface area contributed by atoms with Crippen molar-refractivity contribution in [1.82, 2.24) is 4.57 Å². The zero-order chi connectivity index (χ0) is 47.2. The Morgan fingerprint density at radius 1 is 0.352 bits per heavy atom. The van der Waals surface area contributed by atoms with Crippen LogP contribution < -0.4 is 4.90 Å². The first kappa shape index (κ1) is 40.2. The van der Waals surface area contributed by atoms with Crippen molar-refractivity contribution in [2.45, 2.75) is 31.6 Å². The van der Waals surface area contributed by atoms with Gasteiger partial charge in [0.05, 0.1) is 16.7 Å². The Bertz CT molecular complexity index is 4210. The van der Waals surface area contributed by atoms with E-state index in [0.29, 0.717) is 0 Å². The maximum Gasteiger partial charge on any atom is 0.0623 e. The fourth-order valence-electron chi connectivity index (χ4n) is 13.1. The summed E-state index contributed by atoms with van der Waals surface area (Å²) in [6, 6.07) is 88.7. The van der Waals surface area contributed by atoms with Crippen LogP contribution in [0.15, 0.2) is 237 Å². The topological polar surface area (TPSA) is 8.17 Å². The Kier molecular flexibility index (Phi) is 8.29. The molecule has 12 aromatic rings. The van der Waals surface area contributed by atoms with E-state index in [9.17, 15) is 0 Å². The average Bonchev–Trinajstić information content (AvgIpc) is 3.95. The van der Waals surface area contributed by atoms with Crippen LogP contribution in [0.4, 0.5) is 17.1 Å². The standard InChI is InChI=1S/C69H48N2/c1-68(2)59-24-11-9-21-53(59)54-36-34-52(42-62(54)68)70(51-20-13-19-47(40-51)43-15-5-4-6-16-43)50-32-28-45(29-33-50)48-30-35-56-58-37-38-61-66-65-57(55-22-10-12-26-63(55)71(67(58)66)64(56)41-48)23-14-25-60(65)69(61,3)49-31-27-44-17-7-8-18-46(44)39-49/h4-42H,1-3H3. The highest BCUT2D eigenvalue weighted by molar-refractivity contribution is 6.19. The molecule has 2 heterocycles. The van der Waals surface area contributed by atoms with Gasteiger partial charge in [-0.1, -0.05) is 196 Å². The molecule has 2 nitrogen and oxygen atoms in total. The molecule has 11 aromatic carbocycles. The molecular weight excluding hydrogens is 857 g/mol. The van der Waals surface area contributed by atoms with Gasteiger partial charge in [0.1, 0.15) is 0 Å². The highest BCUT2D eigenvalue weighted by atomic mass is 15.1. The van der Waals surface area contributed by atoms with Crippen LogP contribution in [0.2, 0.25) is 0 Å². The Morgan fingerprint density at radius 2 is 0.972 bits per heavy atom. The number of aromatic nitrogens is 1. The molecule has 1 unspecified atom stereocenters. The van der Waals surface area contributed by atoms with E-state index >= 15 is 0 Å². The van der Waals surface area contributed by atoms with Gasteiger partial charge in [-0.15, -0.1) is 0 Å². The third-order valence-corrected chi connectivity index (χ3v) is 16.6. The van der Waals surface area contributed by atoms with Gasteiger partial charge in [-0.25, -0.2) is 0 Å². The lowest BCUT2D eigenvalue weighted by atomic mass is 9.73. The van der Waals surface area contributed by atoms with E-state index in [1.54, 1.807) is 0 Å². The van der Waals surface area contributed by atoms with Crippen LogP contribution in [0.25, 0.3) is 93.9 Å². The molecule has 1 atom stereocenters. The van der Waals surface area contributed by atoms with E-state index in [2.05, 4.69) is 267 Å². The SMILES string of the molecule is CC1(C)c2ccccc2-c2ccc(N(c3ccc(-c4ccc5c6ccc7c8c6n(c5c4)-c4ccccc4-c4cccc(c4-8)C7(C)c4ccc5ccccc5c4)cc3)c3cccc(-c4ccccc4)c3)cc21. The predicted molar refractivity (Wildman–Crippen MR) is 298 cm³/mol. The molecule has 0 spiro atoms. The van der Waals surface area contributed by atoms with E-state index in [1.165, 1.54) is 122 Å². The Morgan fingerprint density at radius 3 is 1.85 bits per heavy atom. The molecule has 71 heavy (non-hydrogen) atoms. The van der Waals surface area contributed by atoms with Crippen LogP contribution in [-0.2, 0) is 10.8 Å². The minimum Gasteiger partial charge on any atom is -0.310 e. The number of nitrogens with zero attached hydrogens (tertiary/aromatic N) is 2. The van der Waals surface area contributed by atoms with Gasteiger partial charge in [0, 0.05) is 49.8 Å². The molecule has 0 N–H and O–H groups in total. The predicted octanol–water partition coefficient (Wildman–Crippen LogP) is 18.4. The second-order valence-corrected chi connectivity index (χ2v) is 20.6. The minimum atomic E-state index is -0.336. The molecule has 2 aliphatic carbocycles. The molecular formula is C69H48N2. The summed E-state index contributed by atoms with van der Waals surface area (Å²) >= 11 is 0. The first-order valence-electron chi connectivity index (χ1n) is 25.0. The molecule has 0 saturated carbocycles. The quantitative estimate of drug-likeness (QED) is 0.161. The zero-order valence-corrected chi connectivity index (χ0v) is 39.9. The minimum absolute atomic E-state index is 0.119. The van der Waals surface area contributed by atoms with Gasteiger partial charge in [-0.3, -0.25) is 0 Å². The summed E-state index contributed by atoms with van der Waals surface area (Å²) < 4.78 is 2.59. The van der Waals surface area contributed by atoms with E-state index in [1.807, 2.05) is 0 Å². The van der Waals surface area contributed by atoms with Gasteiger partial charge >= 0.3 is 0 Å². The molecule has 334 valence electrons. The van der Waals surface area contributed by atoms with Gasteiger partial charge in [0.25, 0.3) is 0 Å². The van der Waals surface area contributed by atoms with Crippen LogP contribution in [-0.4, -0.2) is 4.57 Å². The van der Waals surface area contributed by atoms with Crippen molar-refractivity contribution in [3.05, 3.63) is 264 Å².